The molecule has 8 heteroatoms. The monoisotopic (exact) mass is 604 g/mol. The van der Waals surface area contributed by atoms with Gasteiger partial charge in [0.1, 0.15) is 24.4 Å². The van der Waals surface area contributed by atoms with Crippen molar-refractivity contribution in [2.75, 3.05) is 6.61 Å². The highest BCUT2D eigenvalue weighted by atomic mass is 16.7. The van der Waals surface area contributed by atoms with E-state index in [1.807, 2.05) is 0 Å². The van der Waals surface area contributed by atoms with Crippen molar-refractivity contribution < 1.29 is 39.8 Å². The summed E-state index contributed by atoms with van der Waals surface area (Å²) >= 11 is 0. The number of carboxylic acid groups (broad SMARTS) is 1. The molecule has 1 aliphatic heterocycles. The molecule has 3 fully saturated rings. The predicted octanol–water partition coefficient (Wildman–Crippen LogP) is 4.98. The Hall–Kier alpha value is -1.29. The van der Waals surface area contributed by atoms with Crippen LogP contribution in [-0.4, -0.2) is 74.9 Å². The van der Waals surface area contributed by atoms with Crippen molar-refractivity contribution in [1.82, 2.24) is 0 Å². The summed E-state index contributed by atoms with van der Waals surface area (Å²) in [5.74, 6) is 0.705. The standard InChI is InChI=1S/C35H56O8/c1-20(9-7-8-10-27(37)38)21-13-17-35(6)23-11-12-25-32(2,3)26(15-16-33(25,4)22(23)14-18-34(21,35)5)43-31-30(41)29(40)28(39)24(19-36)42-31/h8,10,20-21,24-26,28-31,36,39-41H,7,9,11-19H2,1-6H3,(H,37,38)/b10-8+/t20-,21?,24?,25?,26?,28?,29?,30?,31?,33-,34-,35+/m1/s1. The third kappa shape index (κ3) is 5.26. The smallest absolute Gasteiger partial charge is 0.327 e. The molecular weight excluding hydrogens is 548 g/mol. The Morgan fingerprint density at radius 3 is 2.37 bits per heavy atom. The first-order valence-corrected chi connectivity index (χ1v) is 16.7. The molecule has 5 rings (SSSR count). The Labute approximate surface area is 257 Å². The van der Waals surface area contributed by atoms with E-state index in [1.165, 1.54) is 25.3 Å². The third-order valence-electron chi connectivity index (χ3n) is 13.6. The Balaban J connectivity index is 1.35. The Morgan fingerprint density at radius 1 is 0.977 bits per heavy atom. The maximum absolute atomic E-state index is 10.9. The number of aliphatic hydroxyl groups excluding tert-OH is 4. The lowest BCUT2D eigenvalue weighted by Gasteiger charge is -2.63. The Bertz CT molecular complexity index is 1110. The van der Waals surface area contributed by atoms with Crippen LogP contribution in [0, 0.1) is 39.4 Å². The molecule has 2 saturated carbocycles. The number of hydrogen-bond donors (Lipinski definition) is 5. The normalized spacial score (nSPS) is 46.7. The molecule has 8 unspecified atom stereocenters. The zero-order valence-corrected chi connectivity index (χ0v) is 27.1. The highest BCUT2D eigenvalue weighted by molar-refractivity contribution is 5.79. The summed E-state index contributed by atoms with van der Waals surface area (Å²) in [5.41, 5.74) is 3.68. The number of aliphatic hydroxyl groups is 4. The Kier molecular flexibility index (Phi) is 9.09. The lowest BCUT2D eigenvalue weighted by atomic mass is 9.43. The van der Waals surface area contributed by atoms with E-state index in [0.717, 1.165) is 44.9 Å². The first kappa shape index (κ1) is 33.1. The molecule has 5 N–H and O–H groups in total. The fourth-order valence-electron chi connectivity index (χ4n) is 10.9. The molecular formula is C35H56O8. The maximum atomic E-state index is 10.9. The van der Waals surface area contributed by atoms with Gasteiger partial charge in [0.25, 0.3) is 0 Å². The van der Waals surface area contributed by atoms with Crippen LogP contribution in [-0.2, 0) is 14.3 Å². The first-order valence-electron chi connectivity index (χ1n) is 16.7. The fraction of sp³-hybridized carbons (Fsp3) is 0.857. The van der Waals surface area contributed by atoms with Crippen molar-refractivity contribution in [1.29, 1.82) is 0 Å². The van der Waals surface area contributed by atoms with Gasteiger partial charge in [-0.1, -0.05) is 58.8 Å². The van der Waals surface area contributed by atoms with Crippen LogP contribution in [0.25, 0.3) is 0 Å². The molecule has 0 aromatic rings. The molecule has 4 aliphatic carbocycles. The lowest BCUT2D eigenvalue weighted by molar-refractivity contribution is -0.325. The predicted molar refractivity (Wildman–Crippen MR) is 163 cm³/mol. The first-order chi connectivity index (χ1) is 20.1. The summed E-state index contributed by atoms with van der Waals surface area (Å²) in [5, 5.41) is 49.8. The van der Waals surface area contributed by atoms with Crippen LogP contribution in [0.3, 0.4) is 0 Å². The van der Waals surface area contributed by atoms with Gasteiger partial charge in [0, 0.05) is 6.08 Å². The molecule has 0 aromatic carbocycles. The van der Waals surface area contributed by atoms with Crippen molar-refractivity contribution in [2.45, 2.75) is 143 Å². The van der Waals surface area contributed by atoms with Gasteiger partial charge in [-0.15, -0.1) is 0 Å². The van der Waals surface area contributed by atoms with Crippen LogP contribution >= 0.6 is 0 Å². The summed E-state index contributed by atoms with van der Waals surface area (Å²) in [6.45, 7) is 14.0. The van der Waals surface area contributed by atoms with Gasteiger partial charge in [0.15, 0.2) is 6.29 Å². The summed E-state index contributed by atoms with van der Waals surface area (Å²) in [6.07, 6.45) is 7.18. The summed E-state index contributed by atoms with van der Waals surface area (Å²) in [6, 6.07) is 0. The summed E-state index contributed by atoms with van der Waals surface area (Å²) < 4.78 is 12.2. The summed E-state index contributed by atoms with van der Waals surface area (Å²) in [4.78, 5) is 10.9. The molecule has 0 amide bonds. The van der Waals surface area contributed by atoms with E-state index in [2.05, 4.69) is 41.5 Å². The number of rotatable bonds is 8. The second-order valence-electron chi connectivity index (χ2n) is 15.8. The molecule has 244 valence electrons. The van der Waals surface area contributed by atoms with Crippen LogP contribution in [0.1, 0.15) is 106 Å². The van der Waals surface area contributed by atoms with Crippen LogP contribution < -0.4 is 0 Å². The molecule has 0 spiro atoms. The van der Waals surface area contributed by atoms with E-state index in [9.17, 15) is 25.2 Å². The van der Waals surface area contributed by atoms with E-state index in [4.69, 9.17) is 14.6 Å². The van der Waals surface area contributed by atoms with Gasteiger partial charge in [0.2, 0.25) is 0 Å². The van der Waals surface area contributed by atoms with E-state index in [-0.39, 0.29) is 27.8 Å². The van der Waals surface area contributed by atoms with Gasteiger partial charge < -0.3 is 35.0 Å². The SMILES string of the molecule is C[C@H](CC/C=C/C(=O)O)C1CC[C@@]2(C)C3=C(CC[C@]12C)[C@@]1(C)CCC(OC2OC(CO)C(O)C(O)C2O)C(C)(C)C1CC3. The third-order valence-corrected chi connectivity index (χ3v) is 13.6. The number of carbonyl (C=O) groups is 1. The van der Waals surface area contributed by atoms with Crippen LogP contribution in [0.15, 0.2) is 23.3 Å². The molecule has 0 radical (unpaired) electrons. The second-order valence-corrected chi connectivity index (χ2v) is 15.8. The van der Waals surface area contributed by atoms with Crippen LogP contribution in [0.4, 0.5) is 0 Å². The quantitative estimate of drug-likeness (QED) is 0.193. The average Bonchev–Trinajstić information content (AvgIpc) is 3.23. The molecule has 8 nitrogen and oxygen atoms in total. The minimum atomic E-state index is -1.44. The van der Waals surface area contributed by atoms with E-state index in [1.54, 1.807) is 17.2 Å². The molecule has 1 saturated heterocycles. The van der Waals surface area contributed by atoms with Crippen molar-refractivity contribution in [3.63, 3.8) is 0 Å². The van der Waals surface area contributed by atoms with E-state index in [0.29, 0.717) is 17.8 Å². The lowest BCUT2D eigenvalue weighted by Crippen LogP contribution is -2.61. The van der Waals surface area contributed by atoms with Gasteiger partial charge in [-0.3, -0.25) is 0 Å². The highest BCUT2D eigenvalue weighted by Crippen LogP contribution is 2.72. The van der Waals surface area contributed by atoms with Gasteiger partial charge in [0.05, 0.1) is 12.7 Å². The van der Waals surface area contributed by atoms with Gasteiger partial charge in [-0.05, 0) is 104 Å². The van der Waals surface area contributed by atoms with Gasteiger partial charge in [-0.25, -0.2) is 4.79 Å². The minimum absolute atomic E-state index is 0.0714. The van der Waals surface area contributed by atoms with Gasteiger partial charge in [-0.2, -0.15) is 0 Å². The van der Waals surface area contributed by atoms with E-state index >= 15 is 0 Å². The number of fused-ring (bicyclic) bond motifs is 4. The van der Waals surface area contributed by atoms with Crippen molar-refractivity contribution in [2.24, 2.45) is 39.4 Å². The molecule has 0 bridgehead atoms. The topological polar surface area (TPSA) is 137 Å². The zero-order chi connectivity index (χ0) is 31.5. The molecule has 1 heterocycles. The number of aliphatic carboxylic acids is 1. The number of allylic oxidation sites excluding steroid dienone is 3. The van der Waals surface area contributed by atoms with E-state index < -0.39 is 43.3 Å². The molecule has 43 heavy (non-hydrogen) atoms. The minimum Gasteiger partial charge on any atom is -0.478 e. The second kappa shape index (κ2) is 11.8. The average molecular weight is 605 g/mol. The number of carboxylic acids is 1. The van der Waals surface area contributed by atoms with Gasteiger partial charge >= 0.3 is 5.97 Å². The Morgan fingerprint density at radius 2 is 1.70 bits per heavy atom. The number of ether oxygens (including phenoxy) is 2. The van der Waals surface area contributed by atoms with Crippen molar-refractivity contribution in [3.8, 4) is 0 Å². The maximum Gasteiger partial charge on any atom is 0.327 e. The highest BCUT2D eigenvalue weighted by Gasteiger charge is 2.63. The summed E-state index contributed by atoms with van der Waals surface area (Å²) in [7, 11) is 0. The largest absolute Gasteiger partial charge is 0.478 e. The van der Waals surface area contributed by atoms with Crippen LogP contribution in [0.5, 0.6) is 0 Å². The number of hydrogen-bond acceptors (Lipinski definition) is 7. The molecule has 0 aromatic heterocycles. The molecule has 5 aliphatic rings. The fourth-order valence-corrected chi connectivity index (χ4v) is 10.9. The van der Waals surface area contributed by atoms with Crippen molar-refractivity contribution in [3.05, 3.63) is 23.3 Å². The van der Waals surface area contributed by atoms with Crippen LogP contribution in [0.2, 0.25) is 0 Å². The zero-order valence-electron chi connectivity index (χ0n) is 27.1. The molecule has 12 atom stereocenters. The van der Waals surface area contributed by atoms with Crippen molar-refractivity contribution >= 4 is 5.97 Å².